The third kappa shape index (κ3) is 7.16. The van der Waals surface area contributed by atoms with E-state index in [0.29, 0.717) is 17.1 Å². The second kappa shape index (κ2) is 10.9. The molecular formula is C21H28N2O5S. The zero-order valence-electron chi connectivity index (χ0n) is 17.2. The summed E-state index contributed by atoms with van der Waals surface area (Å²) in [7, 11) is 0. The zero-order valence-corrected chi connectivity index (χ0v) is 18.0. The number of carbonyl (C=O) groups is 2. The van der Waals surface area contributed by atoms with Gasteiger partial charge in [0.1, 0.15) is 24.0 Å². The molecule has 1 amide bonds. The van der Waals surface area contributed by atoms with E-state index in [1.165, 1.54) is 17.4 Å². The largest absolute Gasteiger partial charge is 0.490 e. The smallest absolute Gasteiger partial charge is 0.341 e. The number of thiophene rings is 1. The number of aliphatic hydroxyl groups is 1. The first-order valence-corrected chi connectivity index (χ1v) is 10.3. The molecule has 1 aromatic heterocycles. The lowest BCUT2D eigenvalue weighted by atomic mass is 10.1. The van der Waals surface area contributed by atoms with E-state index in [2.05, 4.69) is 10.6 Å². The number of nitrogens with one attached hydrogen (secondary N) is 2. The van der Waals surface area contributed by atoms with Crippen LogP contribution in [0.3, 0.4) is 0 Å². The first-order chi connectivity index (χ1) is 13.8. The Kier molecular flexibility index (Phi) is 8.63. The van der Waals surface area contributed by atoms with Gasteiger partial charge in [0.25, 0.3) is 5.91 Å². The minimum atomic E-state index is -0.728. The minimum Gasteiger partial charge on any atom is -0.490 e. The van der Waals surface area contributed by atoms with Crippen molar-refractivity contribution in [3.8, 4) is 5.75 Å². The lowest BCUT2D eigenvalue weighted by Gasteiger charge is -2.17. The zero-order chi connectivity index (χ0) is 21.4. The van der Waals surface area contributed by atoms with Crippen molar-refractivity contribution < 1.29 is 24.2 Å². The van der Waals surface area contributed by atoms with Crippen molar-refractivity contribution in [2.75, 3.05) is 25.1 Å². The van der Waals surface area contributed by atoms with Gasteiger partial charge >= 0.3 is 5.97 Å². The first-order valence-electron chi connectivity index (χ1n) is 9.53. The quantitative estimate of drug-likeness (QED) is 0.511. The Morgan fingerprint density at radius 1 is 1.21 bits per heavy atom. The standard InChI is InChI=1S/C21H28N2O5S/c1-5-27-21(26)17-10-15(23-20(25)19-9-6-14(4)29-19)7-8-18(17)28-12-16(24)11-22-13(2)3/h6-10,13,16,22,24H,5,11-12H2,1-4H3,(H,23,25). The summed E-state index contributed by atoms with van der Waals surface area (Å²) < 4.78 is 10.7. The van der Waals surface area contributed by atoms with E-state index >= 15 is 0 Å². The highest BCUT2D eigenvalue weighted by atomic mass is 32.1. The van der Waals surface area contributed by atoms with Gasteiger partial charge in [0.05, 0.1) is 11.5 Å². The number of hydrogen-bond acceptors (Lipinski definition) is 7. The average molecular weight is 421 g/mol. The molecule has 3 N–H and O–H groups in total. The fourth-order valence-electron chi connectivity index (χ4n) is 2.47. The molecule has 1 atom stereocenters. The van der Waals surface area contributed by atoms with Gasteiger partial charge in [-0.15, -0.1) is 11.3 Å². The van der Waals surface area contributed by atoms with Crippen LogP contribution < -0.4 is 15.4 Å². The number of aliphatic hydroxyl groups excluding tert-OH is 1. The second-order valence-corrected chi connectivity index (χ2v) is 8.11. The van der Waals surface area contributed by atoms with Gasteiger partial charge in [0.2, 0.25) is 0 Å². The highest BCUT2D eigenvalue weighted by Crippen LogP contribution is 2.25. The van der Waals surface area contributed by atoms with Crippen LogP contribution in [0.4, 0.5) is 5.69 Å². The number of benzene rings is 1. The summed E-state index contributed by atoms with van der Waals surface area (Å²) in [5.41, 5.74) is 0.648. The average Bonchev–Trinajstić information content (AvgIpc) is 3.12. The van der Waals surface area contributed by atoms with Gasteiger partial charge in [-0.05, 0) is 44.2 Å². The van der Waals surface area contributed by atoms with Crippen molar-refractivity contribution >= 4 is 28.9 Å². The van der Waals surface area contributed by atoms with E-state index in [4.69, 9.17) is 9.47 Å². The molecule has 158 valence electrons. The molecule has 2 aromatic rings. The molecule has 0 aliphatic carbocycles. The molecule has 1 aromatic carbocycles. The predicted octanol–water partition coefficient (Wildman–Crippen LogP) is 3.22. The molecule has 8 heteroatoms. The fourth-order valence-corrected chi connectivity index (χ4v) is 3.23. The molecule has 2 rings (SSSR count). The molecule has 0 saturated heterocycles. The Hall–Kier alpha value is -2.42. The van der Waals surface area contributed by atoms with E-state index in [0.717, 1.165) is 4.88 Å². The Morgan fingerprint density at radius 3 is 2.59 bits per heavy atom. The fraction of sp³-hybridized carbons (Fsp3) is 0.429. The van der Waals surface area contributed by atoms with Crippen molar-refractivity contribution in [2.45, 2.75) is 39.8 Å². The highest BCUT2D eigenvalue weighted by molar-refractivity contribution is 7.14. The van der Waals surface area contributed by atoms with Gasteiger partial charge in [-0.3, -0.25) is 4.79 Å². The topological polar surface area (TPSA) is 96.9 Å². The molecule has 0 aliphatic rings. The number of carbonyl (C=O) groups excluding carboxylic acids is 2. The van der Waals surface area contributed by atoms with Gasteiger partial charge in [-0.25, -0.2) is 4.79 Å². The number of esters is 1. The summed E-state index contributed by atoms with van der Waals surface area (Å²) in [5, 5.41) is 15.9. The van der Waals surface area contributed by atoms with E-state index < -0.39 is 12.1 Å². The number of amides is 1. The van der Waals surface area contributed by atoms with Gasteiger partial charge in [0.15, 0.2) is 0 Å². The molecule has 7 nitrogen and oxygen atoms in total. The maximum atomic E-state index is 12.4. The number of ether oxygens (including phenoxy) is 2. The number of hydrogen-bond donors (Lipinski definition) is 3. The third-order valence-corrected chi connectivity index (χ3v) is 4.89. The number of rotatable bonds is 10. The van der Waals surface area contributed by atoms with Crippen LogP contribution in [-0.2, 0) is 4.74 Å². The summed E-state index contributed by atoms with van der Waals surface area (Å²) >= 11 is 1.39. The molecule has 1 unspecified atom stereocenters. The van der Waals surface area contributed by atoms with E-state index in [9.17, 15) is 14.7 Å². The maximum Gasteiger partial charge on any atom is 0.341 e. The Labute approximate surface area is 175 Å². The van der Waals surface area contributed by atoms with E-state index in [1.807, 2.05) is 26.8 Å². The third-order valence-electron chi connectivity index (χ3n) is 3.89. The van der Waals surface area contributed by atoms with Crippen molar-refractivity contribution in [1.29, 1.82) is 0 Å². The van der Waals surface area contributed by atoms with Crippen LogP contribution in [0.15, 0.2) is 30.3 Å². The van der Waals surface area contributed by atoms with Crippen LogP contribution in [0, 0.1) is 6.92 Å². The first kappa shape index (κ1) is 22.9. The van der Waals surface area contributed by atoms with Crippen LogP contribution in [0.2, 0.25) is 0 Å². The summed E-state index contributed by atoms with van der Waals surface area (Å²) in [6, 6.07) is 8.63. The summed E-state index contributed by atoms with van der Waals surface area (Å²) in [4.78, 5) is 26.3. The lowest BCUT2D eigenvalue weighted by molar-refractivity contribution is 0.0515. The molecule has 0 radical (unpaired) electrons. The minimum absolute atomic E-state index is 0.0201. The maximum absolute atomic E-state index is 12.4. The van der Waals surface area contributed by atoms with Crippen LogP contribution in [0.1, 0.15) is 45.7 Å². The second-order valence-electron chi connectivity index (χ2n) is 6.82. The Bertz CT molecular complexity index is 834. The van der Waals surface area contributed by atoms with Crippen molar-refractivity contribution in [3.63, 3.8) is 0 Å². The van der Waals surface area contributed by atoms with Gasteiger partial charge in [-0.1, -0.05) is 13.8 Å². The molecule has 0 spiro atoms. The molecule has 29 heavy (non-hydrogen) atoms. The van der Waals surface area contributed by atoms with Crippen LogP contribution in [0.5, 0.6) is 5.75 Å². The summed E-state index contributed by atoms with van der Waals surface area (Å²) in [6.45, 7) is 8.22. The van der Waals surface area contributed by atoms with Crippen LogP contribution in [-0.4, -0.2) is 48.9 Å². The van der Waals surface area contributed by atoms with Gasteiger partial charge in [-0.2, -0.15) is 0 Å². The number of anilines is 1. The normalized spacial score (nSPS) is 11.9. The highest BCUT2D eigenvalue weighted by Gasteiger charge is 2.18. The monoisotopic (exact) mass is 420 g/mol. The number of aryl methyl sites for hydroxylation is 1. The molecule has 0 aliphatic heterocycles. The summed E-state index contributed by atoms with van der Waals surface area (Å²) in [6.07, 6.45) is -0.728. The predicted molar refractivity (Wildman–Crippen MR) is 114 cm³/mol. The molecule has 0 saturated carbocycles. The van der Waals surface area contributed by atoms with Gasteiger partial charge in [0, 0.05) is 23.2 Å². The van der Waals surface area contributed by atoms with E-state index in [1.54, 1.807) is 25.1 Å². The van der Waals surface area contributed by atoms with E-state index in [-0.39, 0.29) is 36.5 Å². The van der Waals surface area contributed by atoms with Crippen LogP contribution >= 0.6 is 11.3 Å². The Morgan fingerprint density at radius 2 is 1.97 bits per heavy atom. The Balaban J connectivity index is 2.12. The van der Waals surface area contributed by atoms with Crippen molar-refractivity contribution in [2.24, 2.45) is 0 Å². The SMILES string of the molecule is CCOC(=O)c1cc(NC(=O)c2ccc(C)s2)ccc1OCC(O)CNC(C)C. The van der Waals surface area contributed by atoms with Crippen molar-refractivity contribution in [1.82, 2.24) is 5.32 Å². The summed E-state index contributed by atoms with van der Waals surface area (Å²) in [5.74, 6) is -0.515. The van der Waals surface area contributed by atoms with Gasteiger partial charge < -0.3 is 25.2 Å². The lowest BCUT2D eigenvalue weighted by Crippen LogP contribution is -2.35. The molecule has 1 heterocycles. The van der Waals surface area contributed by atoms with Crippen molar-refractivity contribution in [3.05, 3.63) is 45.6 Å². The molecule has 0 fully saturated rings. The van der Waals surface area contributed by atoms with Crippen LogP contribution in [0.25, 0.3) is 0 Å². The molecular weight excluding hydrogens is 392 g/mol. The molecule has 0 bridgehead atoms.